The number of rotatable bonds is 2. The highest BCUT2D eigenvalue weighted by Crippen LogP contribution is 2.28. The zero-order chi connectivity index (χ0) is 10.8. The van der Waals surface area contributed by atoms with E-state index in [2.05, 4.69) is 10.2 Å². The first kappa shape index (κ1) is 10.5. The molecule has 0 N–H and O–H groups in total. The van der Waals surface area contributed by atoms with Crippen molar-refractivity contribution in [2.45, 2.75) is 12.3 Å². The molecule has 1 heterocycles. The van der Waals surface area contributed by atoms with E-state index in [1.54, 1.807) is 13.0 Å². The highest BCUT2D eigenvalue weighted by molar-refractivity contribution is 6.33. The maximum absolute atomic E-state index is 5.99. The molecule has 0 bridgehead atoms. The number of aromatic nitrogens is 2. The third kappa shape index (κ3) is 2.13. The van der Waals surface area contributed by atoms with E-state index in [-0.39, 0.29) is 5.38 Å². The van der Waals surface area contributed by atoms with E-state index >= 15 is 0 Å². The molecule has 0 saturated heterocycles. The molecule has 1 atom stereocenters. The van der Waals surface area contributed by atoms with Gasteiger partial charge in [0, 0.05) is 0 Å². The summed E-state index contributed by atoms with van der Waals surface area (Å²) in [7, 11) is 0. The van der Waals surface area contributed by atoms with Gasteiger partial charge in [-0.1, -0.05) is 23.7 Å². The smallest absolute Gasteiger partial charge is 0.249 e. The molecule has 0 aliphatic heterocycles. The summed E-state index contributed by atoms with van der Waals surface area (Å²) < 4.78 is 5.37. The van der Waals surface area contributed by atoms with E-state index in [0.29, 0.717) is 16.8 Å². The highest BCUT2D eigenvalue weighted by Gasteiger charge is 2.14. The van der Waals surface area contributed by atoms with Crippen LogP contribution < -0.4 is 0 Å². The van der Waals surface area contributed by atoms with Crippen LogP contribution in [0, 0.1) is 0 Å². The molecule has 0 aliphatic rings. The van der Waals surface area contributed by atoms with E-state index < -0.39 is 0 Å². The Labute approximate surface area is 97.0 Å². The molecule has 2 rings (SSSR count). The normalized spacial score (nSPS) is 12.7. The molecule has 0 amide bonds. The summed E-state index contributed by atoms with van der Waals surface area (Å²) in [4.78, 5) is 0. The monoisotopic (exact) mass is 242 g/mol. The minimum atomic E-state index is -0.297. The fraction of sp³-hybridized carbons (Fsp3) is 0.200. The molecule has 78 valence electrons. The van der Waals surface area contributed by atoms with Crippen LogP contribution in [-0.2, 0) is 0 Å². The fourth-order valence-corrected chi connectivity index (χ4v) is 1.44. The van der Waals surface area contributed by atoms with Crippen LogP contribution in [0.4, 0.5) is 0 Å². The number of nitrogens with zero attached hydrogens (tertiary/aromatic N) is 2. The summed E-state index contributed by atoms with van der Waals surface area (Å²) >= 11 is 11.8. The van der Waals surface area contributed by atoms with Gasteiger partial charge >= 0.3 is 0 Å². The standard InChI is InChI=1S/C10H8Cl2N2O/c1-6(11)9-13-14-10(15-9)7-4-2-3-5-8(7)12/h2-6H,1H3. The minimum Gasteiger partial charge on any atom is -0.419 e. The summed E-state index contributed by atoms with van der Waals surface area (Å²) in [5.41, 5.74) is 0.718. The van der Waals surface area contributed by atoms with Gasteiger partial charge in [0.25, 0.3) is 0 Å². The fourth-order valence-electron chi connectivity index (χ4n) is 1.14. The Hall–Kier alpha value is -1.06. The Bertz CT molecular complexity index is 468. The second-order valence-corrected chi connectivity index (χ2v) is 4.10. The number of benzene rings is 1. The Morgan fingerprint density at radius 2 is 2.00 bits per heavy atom. The van der Waals surface area contributed by atoms with Crippen molar-refractivity contribution in [2.75, 3.05) is 0 Å². The number of hydrogen-bond donors (Lipinski definition) is 0. The predicted molar refractivity (Wildman–Crippen MR) is 59.0 cm³/mol. The van der Waals surface area contributed by atoms with Crippen molar-refractivity contribution in [2.24, 2.45) is 0 Å². The van der Waals surface area contributed by atoms with Crippen molar-refractivity contribution in [3.63, 3.8) is 0 Å². The van der Waals surface area contributed by atoms with E-state index in [9.17, 15) is 0 Å². The SMILES string of the molecule is CC(Cl)c1nnc(-c2ccccc2Cl)o1. The Morgan fingerprint density at radius 1 is 1.27 bits per heavy atom. The zero-order valence-electron chi connectivity index (χ0n) is 7.95. The van der Waals surface area contributed by atoms with E-state index in [1.165, 1.54) is 0 Å². The van der Waals surface area contributed by atoms with Crippen LogP contribution >= 0.6 is 23.2 Å². The minimum absolute atomic E-state index is 0.297. The molecule has 0 aliphatic carbocycles. The second-order valence-electron chi connectivity index (χ2n) is 3.04. The first-order chi connectivity index (χ1) is 7.18. The molecule has 0 fully saturated rings. The lowest BCUT2D eigenvalue weighted by molar-refractivity contribution is 0.507. The Balaban J connectivity index is 2.42. The second kappa shape index (κ2) is 4.21. The Kier molecular flexibility index (Phi) is 2.93. The molecule has 0 radical (unpaired) electrons. The molecule has 15 heavy (non-hydrogen) atoms. The van der Waals surface area contributed by atoms with Crippen molar-refractivity contribution in [1.82, 2.24) is 10.2 Å². The third-order valence-corrected chi connectivity index (χ3v) is 2.40. The van der Waals surface area contributed by atoms with Crippen LogP contribution in [0.25, 0.3) is 11.5 Å². The van der Waals surface area contributed by atoms with Crippen molar-refractivity contribution in [1.29, 1.82) is 0 Å². The maximum atomic E-state index is 5.99. The van der Waals surface area contributed by atoms with Crippen molar-refractivity contribution < 1.29 is 4.42 Å². The van der Waals surface area contributed by atoms with Gasteiger partial charge in [-0.15, -0.1) is 21.8 Å². The van der Waals surface area contributed by atoms with Crippen LogP contribution in [0.5, 0.6) is 0 Å². The molecule has 0 saturated carbocycles. The zero-order valence-corrected chi connectivity index (χ0v) is 9.46. The molecule has 0 spiro atoms. The predicted octanol–water partition coefficient (Wildman–Crippen LogP) is 3.69. The van der Waals surface area contributed by atoms with Gasteiger partial charge in [-0.2, -0.15) is 0 Å². The highest BCUT2D eigenvalue weighted by atomic mass is 35.5. The maximum Gasteiger partial charge on any atom is 0.249 e. The average Bonchev–Trinajstić information content (AvgIpc) is 2.67. The molecular weight excluding hydrogens is 235 g/mol. The van der Waals surface area contributed by atoms with E-state index in [0.717, 1.165) is 5.56 Å². The van der Waals surface area contributed by atoms with Gasteiger partial charge < -0.3 is 4.42 Å². The van der Waals surface area contributed by atoms with Crippen LogP contribution in [0.15, 0.2) is 28.7 Å². The Morgan fingerprint density at radius 3 is 2.60 bits per heavy atom. The van der Waals surface area contributed by atoms with Crippen LogP contribution in [0.3, 0.4) is 0 Å². The molecule has 1 unspecified atom stereocenters. The van der Waals surface area contributed by atoms with Gasteiger partial charge in [0.05, 0.1) is 10.6 Å². The van der Waals surface area contributed by atoms with Gasteiger partial charge in [-0.05, 0) is 19.1 Å². The summed E-state index contributed by atoms with van der Waals surface area (Å²) in [6.07, 6.45) is 0. The topological polar surface area (TPSA) is 38.9 Å². The summed E-state index contributed by atoms with van der Waals surface area (Å²) in [5.74, 6) is 0.787. The van der Waals surface area contributed by atoms with Crippen molar-refractivity contribution >= 4 is 23.2 Å². The van der Waals surface area contributed by atoms with Crippen LogP contribution in [0.1, 0.15) is 18.2 Å². The lowest BCUT2D eigenvalue weighted by atomic mass is 10.2. The number of hydrogen-bond acceptors (Lipinski definition) is 3. The van der Waals surface area contributed by atoms with Crippen molar-refractivity contribution in [3.8, 4) is 11.5 Å². The first-order valence-electron chi connectivity index (χ1n) is 4.41. The largest absolute Gasteiger partial charge is 0.419 e. The lowest BCUT2D eigenvalue weighted by Gasteiger charge is -1.97. The third-order valence-electron chi connectivity index (χ3n) is 1.89. The molecule has 2 aromatic rings. The van der Waals surface area contributed by atoms with Crippen molar-refractivity contribution in [3.05, 3.63) is 35.2 Å². The van der Waals surface area contributed by atoms with Crippen LogP contribution in [0.2, 0.25) is 5.02 Å². The molecule has 1 aromatic carbocycles. The van der Waals surface area contributed by atoms with Gasteiger partial charge in [-0.3, -0.25) is 0 Å². The van der Waals surface area contributed by atoms with Gasteiger partial charge in [0.2, 0.25) is 11.8 Å². The van der Waals surface area contributed by atoms with E-state index in [1.807, 2.05) is 18.2 Å². The molecule has 1 aromatic heterocycles. The summed E-state index contributed by atoms with van der Waals surface area (Å²) in [5, 5.41) is 7.99. The first-order valence-corrected chi connectivity index (χ1v) is 5.22. The number of halogens is 2. The van der Waals surface area contributed by atoms with Gasteiger partial charge in [-0.25, -0.2) is 0 Å². The molecule has 3 nitrogen and oxygen atoms in total. The average molecular weight is 243 g/mol. The molecular formula is C10H8Cl2N2O. The summed E-state index contributed by atoms with van der Waals surface area (Å²) in [6.45, 7) is 1.77. The quantitative estimate of drug-likeness (QED) is 0.755. The van der Waals surface area contributed by atoms with Gasteiger partial charge in [0.15, 0.2) is 0 Å². The summed E-state index contributed by atoms with van der Waals surface area (Å²) in [6, 6.07) is 7.28. The lowest BCUT2D eigenvalue weighted by Crippen LogP contribution is -1.81. The number of alkyl halides is 1. The van der Waals surface area contributed by atoms with E-state index in [4.69, 9.17) is 27.6 Å². The van der Waals surface area contributed by atoms with Gasteiger partial charge in [0.1, 0.15) is 5.38 Å². The van der Waals surface area contributed by atoms with Crippen LogP contribution in [-0.4, -0.2) is 10.2 Å². The molecule has 5 heteroatoms.